The van der Waals surface area contributed by atoms with Gasteiger partial charge in [-0.3, -0.25) is 10.0 Å². The topological polar surface area (TPSA) is 65.7 Å². The molecule has 1 amide bonds. The van der Waals surface area contributed by atoms with Crippen molar-refractivity contribution in [2.24, 2.45) is 0 Å². The van der Waals surface area contributed by atoms with Gasteiger partial charge in [0.05, 0.1) is 22.2 Å². The van der Waals surface area contributed by atoms with E-state index in [2.05, 4.69) is 5.32 Å². The molecule has 5 rings (SSSR count). The van der Waals surface area contributed by atoms with Crippen molar-refractivity contribution in [3.8, 4) is 16.9 Å². The maximum Gasteiger partial charge on any atom is 0.266 e. The Kier molecular flexibility index (Phi) is 8.02. The zero-order valence-electron chi connectivity index (χ0n) is 21.6. The highest BCUT2D eigenvalue weighted by atomic mass is 35.5. The van der Waals surface area contributed by atoms with Crippen LogP contribution in [0.3, 0.4) is 0 Å². The summed E-state index contributed by atoms with van der Waals surface area (Å²) in [5, 5.41) is 12.8. The van der Waals surface area contributed by atoms with Crippen LogP contribution in [0.2, 0.25) is 5.02 Å². The molecule has 0 unspecified atom stereocenters. The lowest BCUT2D eigenvalue weighted by Gasteiger charge is -2.37. The predicted molar refractivity (Wildman–Crippen MR) is 148 cm³/mol. The number of ether oxygens (including phenoxy) is 1. The molecule has 2 N–H and O–H groups in total. The van der Waals surface area contributed by atoms with Crippen LogP contribution in [0, 0.1) is 11.6 Å². The summed E-state index contributed by atoms with van der Waals surface area (Å²) >= 11 is 7.42. The van der Waals surface area contributed by atoms with E-state index in [1.165, 1.54) is 12.4 Å². The van der Waals surface area contributed by atoms with E-state index in [-0.39, 0.29) is 38.5 Å². The van der Waals surface area contributed by atoms with Gasteiger partial charge in [0.1, 0.15) is 22.3 Å². The van der Waals surface area contributed by atoms with Crippen molar-refractivity contribution in [2.45, 2.75) is 44.3 Å². The summed E-state index contributed by atoms with van der Waals surface area (Å²) in [6.45, 7) is 0.229. The van der Waals surface area contributed by atoms with Crippen molar-refractivity contribution in [1.29, 1.82) is 0 Å². The molecule has 1 saturated carbocycles. The normalized spacial score (nSPS) is 17.4. The Labute approximate surface area is 234 Å². The zero-order chi connectivity index (χ0) is 27.7. The molecule has 0 bridgehead atoms. The number of thiophene rings is 1. The minimum absolute atomic E-state index is 0.0342. The van der Waals surface area contributed by atoms with Gasteiger partial charge in [-0.1, -0.05) is 17.7 Å². The van der Waals surface area contributed by atoms with Gasteiger partial charge < -0.3 is 15.0 Å². The molecule has 204 valence electrons. The van der Waals surface area contributed by atoms with E-state index in [0.29, 0.717) is 11.8 Å². The summed E-state index contributed by atoms with van der Waals surface area (Å²) in [7, 11) is 3.51. The number of halogens is 3. The molecule has 10 heteroatoms. The average molecular weight is 573 g/mol. The molecule has 2 aromatic heterocycles. The summed E-state index contributed by atoms with van der Waals surface area (Å²) in [5.74, 6) is -1.01. The van der Waals surface area contributed by atoms with E-state index < -0.39 is 11.6 Å². The van der Waals surface area contributed by atoms with E-state index in [0.717, 1.165) is 70.6 Å². The van der Waals surface area contributed by atoms with Gasteiger partial charge in [-0.05, 0) is 68.1 Å². The van der Waals surface area contributed by atoms with Crippen LogP contribution < -0.4 is 14.8 Å². The van der Waals surface area contributed by atoms with Crippen LogP contribution >= 0.6 is 22.9 Å². The van der Waals surface area contributed by atoms with Crippen LogP contribution in [0.1, 0.15) is 40.9 Å². The van der Waals surface area contributed by atoms with Gasteiger partial charge in [0, 0.05) is 41.1 Å². The van der Waals surface area contributed by atoms with E-state index in [1.54, 1.807) is 24.1 Å². The number of fused-ring (bicyclic) bond motifs is 1. The molecule has 1 fully saturated rings. The van der Waals surface area contributed by atoms with Gasteiger partial charge in [0.25, 0.3) is 5.91 Å². The summed E-state index contributed by atoms with van der Waals surface area (Å²) in [6.07, 6.45) is 6.43. The molecule has 1 aliphatic carbocycles. The van der Waals surface area contributed by atoms with E-state index in [1.807, 2.05) is 25.2 Å². The highest BCUT2D eigenvalue weighted by Gasteiger charge is 2.33. The highest BCUT2D eigenvalue weighted by Crippen LogP contribution is 2.40. The number of nitrogens with zero attached hydrogens (tertiary/aromatic N) is 2. The Hall–Kier alpha value is -3.27. The van der Waals surface area contributed by atoms with Crippen LogP contribution in [0.25, 0.3) is 21.2 Å². The SMILES string of the molecule is CNC1CCC(N(Cc2cc(-c3cc[n+](O)cc3)ccc2OC)C(=O)c2sc3c(F)ccc(F)c3c2Cl)CC1. The largest absolute Gasteiger partial charge is 0.496 e. The number of hydrogen-bond donors (Lipinski definition) is 2. The minimum Gasteiger partial charge on any atom is -0.496 e. The van der Waals surface area contributed by atoms with E-state index in [4.69, 9.17) is 16.3 Å². The number of nitrogens with one attached hydrogen (secondary N) is 1. The predicted octanol–water partition coefficient (Wildman–Crippen LogP) is 6.21. The number of carbonyl (C=O) groups is 1. The molecular formula is C29H29ClF2N3O3S+. The molecule has 2 heterocycles. The van der Waals surface area contributed by atoms with Crippen molar-refractivity contribution in [1.82, 2.24) is 10.2 Å². The lowest BCUT2D eigenvalue weighted by Crippen LogP contribution is -2.44. The Morgan fingerprint density at radius 2 is 1.79 bits per heavy atom. The first-order chi connectivity index (χ1) is 18.8. The molecule has 0 saturated heterocycles. The van der Waals surface area contributed by atoms with Crippen molar-refractivity contribution in [3.05, 3.63) is 82.0 Å². The molecule has 39 heavy (non-hydrogen) atoms. The third-order valence-electron chi connectivity index (χ3n) is 7.45. The van der Waals surface area contributed by atoms with Crippen LogP contribution in [-0.2, 0) is 6.54 Å². The molecule has 2 aromatic carbocycles. The summed E-state index contributed by atoms with van der Waals surface area (Å²) < 4.78 is 35.8. The van der Waals surface area contributed by atoms with Crippen LogP contribution in [0.5, 0.6) is 5.75 Å². The Morgan fingerprint density at radius 3 is 2.44 bits per heavy atom. The lowest BCUT2D eigenvalue weighted by atomic mass is 9.89. The number of hydrogen-bond acceptors (Lipinski definition) is 5. The molecule has 0 spiro atoms. The first-order valence-corrected chi connectivity index (χ1v) is 13.9. The third-order valence-corrected chi connectivity index (χ3v) is 9.13. The van der Waals surface area contributed by atoms with Crippen molar-refractivity contribution >= 4 is 38.9 Å². The third kappa shape index (κ3) is 5.44. The Morgan fingerprint density at radius 1 is 1.10 bits per heavy atom. The van der Waals surface area contributed by atoms with Crippen molar-refractivity contribution in [2.75, 3.05) is 14.2 Å². The maximum atomic E-state index is 14.6. The van der Waals surface area contributed by atoms with Crippen LogP contribution in [0.15, 0.2) is 54.9 Å². The highest BCUT2D eigenvalue weighted by molar-refractivity contribution is 7.21. The maximum absolute atomic E-state index is 14.6. The van der Waals surface area contributed by atoms with Gasteiger partial charge in [-0.25, -0.2) is 8.78 Å². The fourth-order valence-corrected chi connectivity index (χ4v) is 6.79. The molecule has 0 aliphatic heterocycles. The van der Waals surface area contributed by atoms with Crippen molar-refractivity contribution < 1.29 is 28.2 Å². The summed E-state index contributed by atoms with van der Waals surface area (Å²) in [6, 6.07) is 11.7. The van der Waals surface area contributed by atoms with Gasteiger partial charge in [-0.2, -0.15) is 0 Å². The molecule has 6 nitrogen and oxygen atoms in total. The molecular weight excluding hydrogens is 544 g/mol. The van der Waals surface area contributed by atoms with Gasteiger partial charge in [0.2, 0.25) is 12.4 Å². The molecule has 1 aliphatic rings. The van der Waals surface area contributed by atoms with Gasteiger partial charge in [-0.15, -0.1) is 11.3 Å². The minimum atomic E-state index is -0.658. The second kappa shape index (κ2) is 11.5. The first kappa shape index (κ1) is 27.3. The number of carbonyl (C=O) groups excluding carboxylic acids is 1. The van der Waals surface area contributed by atoms with E-state index >= 15 is 0 Å². The fourth-order valence-electron chi connectivity index (χ4n) is 5.29. The number of pyridine rings is 1. The Bertz CT molecular complexity index is 1500. The van der Waals surface area contributed by atoms with E-state index in [9.17, 15) is 18.8 Å². The fraction of sp³-hybridized carbons (Fsp3) is 0.310. The first-order valence-electron chi connectivity index (χ1n) is 12.7. The zero-order valence-corrected chi connectivity index (χ0v) is 23.2. The smallest absolute Gasteiger partial charge is 0.266 e. The molecule has 4 aromatic rings. The van der Waals surface area contributed by atoms with Gasteiger partial charge >= 0.3 is 0 Å². The van der Waals surface area contributed by atoms with Gasteiger partial charge in [0.15, 0.2) is 0 Å². The summed E-state index contributed by atoms with van der Waals surface area (Å²) in [5.41, 5.74) is 2.56. The standard InChI is InChI=1S/C29H29ClF2N3O3S/c1-33-20-4-6-21(7-5-20)35(29(36)28-26(30)25-22(31)8-9-23(32)27(25)39-28)16-19-15-18(3-10-24(19)38-2)17-11-13-34(37)14-12-17/h3,8-15,20-21,33,37H,4-7,16H2,1-2H3/q+1. The number of amides is 1. The average Bonchev–Trinajstić information content (AvgIpc) is 3.32. The number of methoxy groups -OCH3 is 1. The lowest BCUT2D eigenvalue weighted by molar-refractivity contribution is -0.904. The quantitative estimate of drug-likeness (QED) is 0.204. The second-order valence-corrected chi connectivity index (χ2v) is 11.1. The number of benzene rings is 2. The monoisotopic (exact) mass is 572 g/mol. The second-order valence-electron chi connectivity index (χ2n) is 9.70. The number of rotatable bonds is 7. The molecule has 0 radical (unpaired) electrons. The van der Waals surface area contributed by atoms with Crippen LogP contribution in [0.4, 0.5) is 8.78 Å². The van der Waals surface area contributed by atoms with Crippen molar-refractivity contribution in [3.63, 3.8) is 0 Å². The number of aromatic nitrogens is 1. The summed E-state index contributed by atoms with van der Waals surface area (Å²) in [4.78, 5) is 16.0. The van der Waals surface area contributed by atoms with Crippen LogP contribution in [-0.4, -0.2) is 42.3 Å². The molecule has 0 atom stereocenters. The Balaban J connectivity index is 1.55.